The molecule has 1 aromatic carbocycles. The lowest BCUT2D eigenvalue weighted by Crippen LogP contribution is -2.21. The minimum Gasteiger partial charge on any atom is -0.481 e. The second-order valence-electron chi connectivity index (χ2n) is 5.84. The molecule has 0 aliphatic carbocycles. The lowest BCUT2D eigenvalue weighted by Gasteiger charge is -2.22. The molecule has 19 heavy (non-hydrogen) atoms. The van der Waals surface area contributed by atoms with E-state index in [1.54, 1.807) is 0 Å². The zero-order valence-corrected chi connectivity index (χ0v) is 11.7. The number of fused-ring (bicyclic) bond motifs is 1. The maximum atomic E-state index is 10.9. The van der Waals surface area contributed by atoms with Gasteiger partial charge in [0.15, 0.2) is 11.5 Å². The Bertz CT molecular complexity index is 611. The number of aromatic nitrogens is 1. The molecule has 4 nitrogen and oxygen atoms in total. The highest BCUT2D eigenvalue weighted by atomic mass is 16.4. The van der Waals surface area contributed by atoms with Crippen LogP contribution in [0.5, 0.6) is 0 Å². The first-order valence-corrected chi connectivity index (χ1v) is 6.42. The molecule has 102 valence electrons. The minimum atomic E-state index is -0.798. The molecule has 2 rings (SSSR count). The van der Waals surface area contributed by atoms with Gasteiger partial charge in [0.05, 0.1) is 6.42 Å². The first kappa shape index (κ1) is 13.6. The Hall–Kier alpha value is -1.84. The van der Waals surface area contributed by atoms with Crippen molar-refractivity contribution >= 4 is 17.1 Å². The van der Waals surface area contributed by atoms with Crippen LogP contribution in [0.3, 0.4) is 0 Å². The van der Waals surface area contributed by atoms with Gasteiger partial charge in [-0.1, -0.05) is 33.8 Å². The number of oxazole rings is 1. The summed E-state index contributed by atoms with van der Waals surface area (Å²) in [4.78, 5) is 15.4. The molecule has 0 saturated carbocycles. The van der Waals surface area contributed by atoms with Crippen LogP contribution in [-0.4, -0.2) is 16.1 Å². The molecule has 0 bridgehead atoms. The van der Waals surface area contributed by atoms with Crippen LogP contribution in [-0.2, 0) is 10.2 Å². The largest absolute Gasteiger partial charge is 0.481 e. The van der Waals surface area contributed by atoms with Gasteiger partial charge in [-0.2, -0.15) is 0 Å². The molecular formula is C15H19NO3. The average Bonchev–Trinajstić information content (AvgIpc) is 2.69. The Morgan fingerprint density at radius 2 is 2.11 bits per heavy atom. The van der Waals surface area contributed by atoms with Crippen molar-refractivity contribution in [3.8, 4) is 0 Å². The van der Waals surface area contributed by atoms with Crippen LogP contribution >= 0.6 is 0 Å². The third-order valence-corrected chi connectivity index (χ3v) is 3.27. The average molecular weight is 261 g/mol. The van der Waals surface area contributed by atoms with E-state index in [0.29, 0.717) is 5.89 Å². The second-order valence-corrected chi connectivity index (χ2v) is 5.84. The molecule has 0 saturated heterocycles. The molecule has 1 N–H and O–H groups in total. The predicted octanol–water partition coefficient (Wildman–Crippen LogP) is 3.70. The highest BCUT2D eigenvalue weighted by molar-refractivity contribution is 5.75. The fourth-order valence-corrected chi connectivity index (χ4v) is 2.09. The van der Waals surface area contributed by atoms with Gasteiger partial charge in [-0.05, 0) is 17.7 Å². The van der Waals surface area contributed by atoms with E-state index in [4.69, 9.17) is 9.52 Å². The summed E-state index contributed by atoms with van der Waals surface area (Å²) in [6.07, 6.45) is 0.0907. The van der Waals surface area contributed by atoms with E-state index >= 15 is 0 Å². The Balaban J connectivity index is 2.43. The van der Waals surface area contributed by atoms with E-state index < -0.39 is 11.4 Å². The van der Waals surface area contributed by atoms with Gasteiger partial charge in [-0.15, -0.1) is 0 Å². The summed E-state index contributed by atoms with van der Waals surface area (Å²) in [6, 6.07) is 5.71. The molecule has 2 aromatic rings. The minimum absolute atomic E-state index is 0.0907. The van der Waals surface area contributed by atoms with Crippen molar-refractivity contribution in [3.63, 3.8) is 0 Å². The normalized spacial score (nSPS) is 12.3. The van der Waals surface area contributed by atoms with Gasteiger partial charge in [-0.25, -0.2) is 4.98 Å². The Morgan fingerprint density at radius 1 is 1.42 bits per heavy atom. The number of carbonyl (C=O) groups is 1. The zero-order chi connectivity index (χ0) is 14.2. The van der Waals surface area contributed by atoms with Crippen LogP contribution in [0.25, 0.3) is 11.1 Å². The van der Waals surface area contributed by atoms with Gasteiger partial charge in [0.2, 0.25) is 0 Å². The number of benzene rings is 1. The zero-order valence-electron chi connectivity index (χ0n) is 11.7. The number of carboxylic acids is 1. The van der Waals surface area contributed by atoms with Crippen LogP contribution < -0.4 is 0 Å². The number of nitrogens with zero attached hydrogens (tertiary/aromatic N) is 1. The number of hydrogen-bond acceptors (Lipinski definition) is 3. The molecule has 0 aliphatic heterocycles. The SMILES string of the molecule is CC(C)c1nc2cc(C(C)(C)CC(=O)O)ccc2o1. The molecule has 0 radical (unpaired) electrons. The van der Waals surface area contributed by atoms with Gasteiger partial charge in [0.25, 0.3) is 0 Å². The van der Waals surface area contributed by atoms with Gasteiger partial charge in [0, 0.05) is 11.3 Å². The molecule has 1 aromatic heterocycles. The molecule has 4 heteroatoms. The molecule has 0 fully saturated rings. The van der Waals surface area contributed by atoms with Gasteiger partial charge in [0.1, 0.15) is 5.52 Å². The van der Waals surface area contributed by atoms with Crippen molar-refractivity contribution < 1.29 is 14.3 Å². The van der Waals surface area contributed by atoms with Crippen molar-refractivity contribution in [1.82, 2.24) is 4.98 Å². The van der Waals surface area contributed by atoms with Crippen molar-refractivity contribution in [2.24, 2.45) is 0 Å². The van der Waals surface area contributed by atoms with E-state index in [1.165, 1.54) is 0 Å². The molecule has 1 heterocycles. The van der Waals surface area contributed by atoms with Crippen LogP contribution in [0.1, 0.15) is 51.5 Å². The Kier molecular flexibility index (Phi) is 3.35. The first-order chi connectivity index (χ1) is 8.79. The third-order valence-electron chi connectivity index (χ3n) is 3.27. The monoisotopic (exact) mass is 261 g/mol. The molecule has 0 aliphatic rings. The predicted molar refractivity (Wildman–Crippen MR) is 73.4 cm³/mol. The second kappa shape index (κ2) is 4.68. The highest BCUT2D eigenvalue weighted by Crippen LogP contribution is 2.30. The smallest absolute Gasteiger partial charge is 0.304 e. The summed E-state index contributed by atoms with van der Waals surface area (Å²) in [5.41, 5.74) is 2.08. The first-order valence-electron chi connectivity index (χ1n) is 6.42. The van der Waals surface area contributed by atoms with E-state index in [1.807, 2.05) is 45.9 Å². The van der Waals surface area contributed by atoms with Gasteiger partial charge >= 0.3 is 5.97 Å². The number of hydrogen-bond donors (Lipinski definition) is 1. The van der Waals surface area contributed by atoms with Crippen LogP contribution in [0.2, 0.25) is 0 Å². The van der Waals surface area contributed by atoms with Crippen molar-refractivity contribution in [2.75, 3.05) is 0 Å². The van der Waals surface area contributed by atoms with Crippen molar-refractivity contribution in [2.45, 2.75) is 45.4 Å². The summed E-state index contributed by atoms with van der Waals surface area (Å²) in [6.45, 7) is 7.90. The van der Waals surface area contributed by atoms with E-state index in [0.717, 1.165) is 16.7 Å². The van der Waals surface area contributed by atoms with E-state index in [2.05, 4.69) is 4.98 Å². The summed E-state index contributed by atoms with van der Waals surface area (Å²) in [5, 5.41) is 8.97. The lowest BCUT2D eigenvalue weighted by molar-refractivity contribution is -0.138. The third kappa shape index (κ3) is 2.78. The van der Waals surface area contributed by atoms with Crippen LogP contribution in [0.15, 0.2) is 22.6 Å². The van der Waals surface area contributed by atoms with Gasteiger partial charge in [-0.3, -0.25) is 4.79 Å². The molecular weight excluding hydrogens is 242 g/mol. The number of carboxylic acid groups (broad SMARTS) is 1. The maximum absolute atomic E-state index is 10.9. The molecule has 0 atom stereocenters. The lowest BCUT2D eigenvalue weighted by atomic mass is 9.81. The fraction of sp³-hybridized carbons (Fsp3) is 0.467. The molecule has 0 unspecified atom stereocenters. The number of rotatable bonds is 4. The standard InChI is InChI=1S/C15H19NO3/c1-9(2)14-16-11-7-10(5-6-12(11)19-14)15(3,4)8-13(17)18/h5-7,9H,8H2,1-4H3,(H,17,18). The van der Waals surface area contributed by atoms with Gasteiger partial charge < -0.3 is 9.52 Å². The summed E-state index contributed by atoms with van der Waals surface area (Å²) >= 11 is 0. The Morgan fingerprint density at radius 3 is 2.68 bits per heavy atom. The summed E-state index contributed by atoms with van der Waals surface area (Å²) in [5.74, 6) is 0.152. The van der Waals surface area contributed by atoms with Crippen LogP contribution in [0.4, 0.5) is 0 Å². The topological polar surface area (TPSA) is 63.3 Å². The molecule has 0 amide bonds. The van der Waals surface area contributed by atoms with Crippen LogP contribution in [0, 0.1) is 0 Å². The van der Waals surface area contributed by atoms with Crippen molar-refractivity contribution in [3.05, 3.63) is 29.7 Å². The molecule has 0 spiro atoms. The number of aliphatic carboxylic acids is 1. The fourth-order valence-electron chi connectivity index (χ4n) is 2.09. The highest BCUT2D eigenvalue weighted by Gasteiger charge is 2.25. The summed E-state index contributed by atoms with van der Waals surface area (Å²) < 4.78 is 5.65. The van der Waals surface area contributed by atoms with E-state index in [9.17, 15) is 4.79 Å². The van der Waals surface area contributed by atoms with Crippen molar-refractivity contribution in [1.29, 1.82) is 0 Å². The van der Waals surface area contributed by atoms with E-state index in [-0.39, 0.29) is 12.3 Å². The summed E-state index contributed by atoms with van der Waals surface area (Å²) in [7, 11) is 0. The maximum Gasteiger partial charge on any atom is 0.304 e. The quantitative estimate of drug-likeness (QED) is 0.911. The Labute approximate surface area is 112 Å².